The quantitative estimate of drug-likeness (QED) is 0.794. The Bertz CT molecular complexity index is 582. The lowest BCUT2D eigenvalue weighted by molar-refractivity contribution is -0.274. The molecule has 0 aliphatic rings. The minimum Gasteiger partial charge on any atom is -0.480 e. The summed E-state index contributed by atoms with van der Waals surface area (Å²) >= 11 is 0. The number of carboxylic acid groups (broad SMARTS) is 1. The maximum atomic E-state index is 12.4. The van der Waals surface area contributed by atoms with Gasteiger partial charge in [-0.2, -0.15) is 0 Å². The molecule has 5 nitrogen and oxygen atoms in total. The van der Waals surface area contributed by atoms with Crippen LogP contribution in [0.3, 0.4) is 0 Å². The van der Waals surface area contributed by atoms with Crippen molar-refractivity contribution in [3.8, 4) is 5.75 Å². The van der Waals surface area contributed by atoms with Crippen molar-refractivity contribution in [2.45, 2.75) is 51.4 Å². The van der Waals surface area contributed by atoms with Gasteiger partial charge >= 0.3 is 12.3 Å². The number of amides is 1. The Kier molecular flexibility index (Phi) is 6.22. The maximum absolute atomic E-state index is 12.4. The first kappa shape index (κ1) is 19.8. The highest BCUT2D eigenvalue weighted by Crippen LogP contribution is 2.28. The molecule has 1 amide bonds. The van der Waals surface area contributed by atoms with Crippen molar-refractivity contribution < 1.29 is 32.6 Å². The fourth-order valence-electron chi connectivity index (χ4n) is 2.09. The van der Waals surface area contributed by atoms with Gasteiger partial charge in [0.05, 0.1) is 5.41 Å². The molecule has 24 heavy (non-hydrogen) atoms. The van der Waals surface area contributed by atoms with Crippen LogP contribution < -0.4 is 10.1 Å². The Morgan fingerprint density at radius 2 is 1.75 bits per heavy atom. The molecule has 8 heteroatoms. The molecule has 0 saturated heterocycles. The molecule has 0 spiro atoms. The average molecular weight is 347 g/mol. The van der Waals surface area contributed by atoms with Crippen LogP contribution in [-0.2, 0) is 15.0 Å². The summed E-state index contributed by atoms with van der Waals surface area (Å²) in [6.45, 7) is 4.92. The molecule has 0 fully saturated rings. The van der Waals surface area contributed by atoms with Crippen molar-refractivity contribution in [1.82, 2.24) is 5.32 Å². The zero-order chi connectivity index (χ0) is 18.5. The number of carboxylic acids is 1. The number of benzene rings is 1. The first-order valence-electron chi connectivity index (χ1n) is 7.37. The second kappa shape index (κ2) is 7.55. The van der Waals surface area contributed by atoms with E-state index in [4.69, 9.17) is 5.11 Å². The third kappa shape index (κ3) is 5.43. The standard InChI is InChI=1S/C16H20F3NO4/c1-4-5-12(13(21)22)20-14(23)15(2,3)10-6-8-11(9-7-10)24-16(17,18)19/h6-9,12H,4-5H2,1-3H3,(H,20,23)(H,21,22). The largest absolute Gasteiger partial charge is 0.573 e. The zero-order valence-corrected chi connectivity index (χ0v) is 13.6. The zero-order valence-electron chi connectivity index (χ0n) is 13.6. The number of carbonyl (C=O) groups is 2. The van der Waals surface area contributed by atoms with E-state index in [1.807, 2.05) is 0 Å². The van der Waals surface area contributed by atoms with Crippen LogP contribution in [0.5, 0.6) is 5.75 Å². The fourth-order valence-corrected chi connectivity index (χ4v) is 2.09. The van der Waals surface area contributed by atoms with Crippen LogP contribution in [0, 0.1) is 0 Å². The molecule has 0 aromatic heterocycles. The molecule has 1 atom stereocenters. The van der Waals surface area contributed by atoms with E-state index in [1.165, 1.54) is 12.1 Å². The topological polar surface area (TPSA) is 75.6 Å². The van der Waals surface area contributed by atoms with Crippen LogP contribution >= 0.6 is 0 Å². The number of ether oxygens (including phenoxy) is 1. The molecule has 0 heterocycles. The Morgan fingerprint density at radius 3 is 2.17 bits per heavy atom. The number of rotatable bonds is 7. The molecule has 1 aromatic rings. The summed E-state index contributed by atoms with van der Waals surface area (Å²) in [7, 11) is 0. The third-order valence-electron chi connectivity index (χ3n) is 3.56. The van der Waals surface area contributed by atoms with Crippen molar-refractivity contribution >= 4 is 11.9 Å². The van der Waals surface area contributed by atoms with E-state index in [2.05, 4.69) is 10.1 Å². The highest BCUT2D eigenvalue weighted by atomic mass is 19.4. The summed E-state index contributed by atoms with van der Waals surface area (Å²) in [5, 5.41) is 11.6. The fraction of sp³-hybridized carbons (Fsp3) is 0.500. The van der Waals surface area contributed by atoms with Gasteiger partial charge in [-0.05, 0) is 38.0 Å². The number of halogens is 3. The Hall–Kier alpha value is -2.25. The number of nitrogens with one attached hydrogen (secondary N) is 1. The van der Waals surface area contributed by atoms with Gasteiger partial charge in [0, 0.05) is 0 Å². The summed E-state index contributed by atoms with van der Waals surface area (Å²) in [5.74, 6) is -2.04. The van der Waals surface area contributed by atoms with Gasteiger partial charge in [-0.25, -0.2) is 4.79 Å². The van der Waals surface area contributed by atoms with Crippen molar-refractivity contribution in [3.63, 3.8) is 0 Å². The third-order valence-corrected chi connectivity index (χ3v) is 3.56. The molecule has 1 aromatic carbocycles. The van der Waals surface area contributed by atoms with Crippen LogP contribution in [0.15, 0.2) is 24.3 Å². The number of alkyl halides is 3. The van der Waals surface area contributed by atoms with Crippen LogP contribution in [0.25, 0.3) is 0 Å². The van der Waals surface area contributed by atoms with Crippen molar-refractivity contribution in [3.05, 3.63) is 29.8 Å². The maximum Gasteiger partial charge on any atom is 0.573 e. The average Bonchev–Trinajstić information content (AvgIpc) is 2.45. The molecule has 0 aliphatic heterocycles. The summed E-state index contributed by atoms with van der Waals surface area (Å²) in [6, 6.07) is 3.90. The van der Waals surface area contributed by atoms with E-state index in [0.717, 1.165) is 12.1 Å². The second-order valence-electron chi connectivity index (χ2n) is 5.85. The van der Waals surface area contributed by atoms with E-state index in [1.54, 1.807) is 20.8 Å². The first-order valence-corrected chi connectivity index (χ1v) is 7.37. The second-order valence-corrected chi connectivity index (χ2v) is 5.85. The predicted molar refractivity (Wildman–Crippen MR) is 80.6 cm³/mol. The van der Waals surface area contributed by atoms with Gasteiger partial charge in [-0.15, -0.1) is 13.2 Å². The smallest absolute Gasteiger partial charge is 0.480 e. The molecule has 0 radical (unpaired) electrons. The Balaban J connectivity index is 2.90. The van der Waals surface area contributed by atoms with E-state index in [9.17, 15) is 22.8 Å². The Morgan fingerprint density at radius 1 is 1.21 bits per heavy atom. The van der Waals surface area contributed by atoms with Crippen LogP contribution in [-0.4, -0.2) is 29.4 Å². The minimum atomic E-state index is -4.79. The molecule has 0 aliphatic carbocycles. The van der Waals surface area contributed by atoms with Gasteiger partial charge in [0.25, 0.3) is 0 Å². The molecule has 1 unspecified atom stereocenters. The molecular weight excluding hydrogens is 327 g/mol. The van der Waals surface area contributed by atoms with Gasteiger partial charge in [-0.3, -0.25) is 4.79 Å². The monoisotopic (exact) mass is 347 g/mol. The molecule has 0 bridgehead atoms. The summed E-state index contributed by atoms with van der Waals surface area (Å²) < 4.78 is 40.2. The summed E-state index contributed by atoms with van der Waals surface area (Å²) in [6.07, 6.45) is -3.92. The van der Waals surface area contributed by atoms with Gasteiger partial charge in [0.1, 0.15) is 11.8 Å². The highest BCUT2D eigenvalue weighted by Gasteiger charge is 2.34. The predicted octanol–water partition coefficient (Wildman–Crippen LogP) is 3.23. The van der Waals surface area contributed by atoms with Gasteiger partial charge in [0.15, 0.2) is 0 Å². The highest BCUT2D eigenvalue weighted by molar-refractivity contribution is 5.90. The van der Waals surface area contributed by atoms with Crippen LogP contribution in [0.1, 0.15) is 39.2 Å². The first-order chi connectivity index (χ1) is 11.0. The Labute approximate surface area is 137 Å². The number of carbonyl (C=O) groups excluding carboxylic acids is 1. The molecule has 1 rings (SSSR count). The van der Waals surface area contributed by atoms with E-state index in [-0.39, 0.29) is 6.42 Å². The normalized spacial score (nSPS) is 13.2. The summed E-state index contributed by atoms with van der Waals surface area (Å²) in [5.41, 5.74) is -0.673. The van der Waals surface area contributed by atoms with Crippen LogP contribution in [0.4, 0.5) is 13.2 Å². The van der Waals surface area contributed by atoms with Gasteiger partial charge < -0.3 is 15.2 Å². The summed E-state index contributed by atoms with van der Waals surface area (Å²) in [4.78, 5) is 23.5. The molecule has 0 saturated carbocycles. The van der Waals surface area contributed by atoms with Crippen molar-refractivity contribution in [2.24, 2.45) is 0 Å². The van der Waals surface area contributed by atoms with Gasteiger partial charge in [0.2, 0.25) is 5.91 Å². The lowest BCUT2D eigenvalue weighted by Gasteiger charge is -2.26. The van der Waals surface area contributed by atoms with Crippen LogP contribution in [0.2, 0.25) is 0 Å². The number of hydrogen-bond donors (Lipinski definition) is 2. The minimum absolute atomic E-state index is 0.287. The molecular formula is C16H20F3NO4. The number of aliphatic carboxylic acids is 1. The van der Waals surface area contributed by atoms with E-state index >= 15 is 0 Å². The lowest BCUT2D eigenvalue weighted by Crippen LogP contribution is -2.48. The van der Waals surface area contributed by atoms with Crippen molar-refractivity contribution in [2.75, 3.05) is 0 Å². The van der Waals surface area contributed by atoms with E-state index in [0.29, 0.717) is 12.0 Å². The van der Waals surface area contributed by atoms with E-state index < -0.39 is 35.4 Å². The lowest BCUT2D eigenvalue weighted by atomic mass is 9.83. The van der Waals surface area contributed by atoms with Crippen molar-refractivity contribution in [1.29, 1.82) is 0 Å². The number of hydrogen-bond acceptors (Lipinski definition) is 3. The molecule has 2 N–H and O–H groups in total. The molecule has 134 valence electrons. The SMILES string of the molecule is CCCC(NC(=O)C(C)(C)c1ccc(OC(F)(F)F)cc1)C(=O)O. The van der Waals surface area contributed by atoms with Gasteiger partial charge in [-0.1, -0.05) is 25.5 Å².